The van der Waals surface area contributed by atoms with Gasteiger partial charge in [0.15, 0.2) is 0 Å². The number of rotatable bonds is 6. The highest BCUT2D eigenvalue weighted by molar-refractivity contribution is 5.99. The van der Waals surface area contributed by atoms with Crippen molar-refractivity contribution >= 4 is 17.3 Å². The van der Waals surface area contributed by atoms with Crippen molar-refractivity contribution in [3.05, 3.63) is 33.9 Å². The predicted octanol–water partition coefficient (Wildman–Crippen LogP) is 1.72. The molecule has 0 aliphatic rings. The molecule has 0 bridgehead atoms. The average Bonchev–Trinajstić information content (AvgIpc) is 2.35. The molecular weight excluding hydrogens is 262 g/mol. The maximum absolute atomic E-state index is 12.0. The summed E-state index contributed by atoms with van der Waals surface area (Å²) in [6.07, 6.45) is 0. The molecule has 1 aromatic rings. The van der Waals surface area contributed by atoms with Crippen molar-refractivity contribution in [1.82, 2.24) is 5.32 Å². The number of amides is 1. The molecule has 0 atom stereocenters. The number of nitrogens with two attached hydrogens (primary N) is 1. The standard InChI is InChI=1S/C13H19N3O4/c1-4-20-13(2,3)8-15-12(17)10-7-9(14)5-6-11(10)16(18)19/h5-7H,4,8,14H2,1-3H3,(H,15,17). The maximum atomic E-state index is 12.0. The first kappa shape index (κ1) is 15.9. The summed E-state index contributed by atoms with van der Waals surface area (Å²) < 4.78 is 5.44. The highest BCUT2D eigenvalue weighted by atomic mass is 16.6. The van der Waals surface area contributed by atoms with Gasteiger partial charge in [0, 0.05) is 24.9 Å². The van der Waals surface area contributed by atoms with Crippen molar-refractivity contribution in [3.63, 3.8) is 0 Å². The molecule has 0 unspecified atom stereocenters. The molecule has 20 heavy (non-hydrogen) atoms. The second-order valence-electron chi connectivity index (χ2n) is 4.91. The molecule has 0 saturated carbocycles. The van der Waals surface area contributed by atoms with E-state index in [1.165, 1.54) is 18.2 Å². The van der Waals surface area contributed by atoms with E-state index >= 15 is 0 Å². The van der Waals surface area contributed by atoms with Gasteiger partial charge in [-0.3, -0.25) is 14.9 Å². The normalized spacial score (nSPS) is 11.2. The molecule has 0 radical (unpaired) electrons. The number of hydrogen-bond donors (Lipinski definition) is 2. The SMILES string of the molecule is CCOC(C)(C)CNC(=O)c1cc(N)ccc1[N+](=O)[O-]. The lowest BCUT2D eigenvalue weighted by molar-refractivity contribution is -0.385. The van der Waals surface area contributed by atoms with E-state index in [1.54, 1.807) is 0 Å². The number of nitro benzene ring substituents is 1. The number of anilines is 1. The van der Waals surface area contributed by atoms with E-state index in [2.05, 4.69) is 5.32 Å². The van der Waals surface area contributed by atoms with Gasteiger partial charge in [-0.2, -0.15) is 0 Å². The van der Waals surface area contributed by atoms with Crippen molar-refractivity contribution in [2.24, 2.45) is 0 Å². The van der Waals surface area contributed by atoms with Gasteiger partial charge in [0.05, 0.1) is 10.5 Å². The number of carbonyl (C=O) groups is 1. The summed E-state index contributed by atoms with van der Waals surface area (Å²) in [7, 11) is 0. The number of nitrogens with one attached hydrogen (secondary N) is 1. The third-order valence-corrected chi connectivity index (χ3v) is 2.67. The van der Waals surface area contributed by atoms with Crippen LogP contribution in [0.25, 0.3) is 0 Å². The van der Waals surface area contributed by atoms with Gasteiger partial charge >= 0.3 is 0 Å². The van der Waals surface area contributed by atoms with Gasteiger partial charge in [-0.25, -0.2) is 0 Å². The van der Waals surface area contributed by atoms with Crippen LogP contribution in [0, 0.1) is 10.1 Å². The zero-order chi connectivity index (χ0) is 15.3. The minimum atomic E-state index is -0.609. The summed E-state index contributed by atoms with van der Waals surface area (Å²) in [6, 6.07) is 3.90. The molecule has 0 aliphatic carbocycles. The molecule has 0 spiro atoms. The summed E-state index contributed by atoms with van der Waals surface area (Å²) in [5, 5.41) is 13.5. The van der Waals surface area contributed by atoms with Gasteiger partial charge in [-0.05, 0) is 32.9 Å². The lowest BCUT2D eigenvalue weighted by Crippen LogP contribution is -2.40. The highest BCUT2D eigenvalue weighted by Crippen LogP contribution is 2.21. The van der Waals surface area contributed by atoms with E-state index < -0.39 is 16.4 Å². The molecule has 0 fully saturated rings. The maximum Gasteiger partial charge on any atom is 0.282 e. The fourth-order valence-electron chi connectivity index (χ4n) is 1.72. The van der Waals surface area contributed by atoms with Crippen LogP contribution in [-0.4, -0.2) is 29.6 Å². The smallest absolute Gasteiger partial charge is 0.282 e. The van der Waals surface area contributed by atoms with E-state index in [9.17, 15) is 14.9 Å². The fraction of sp³-hybridized carbons (Fsp3) is 0.462. The molecule has 1 amide bonds. The Balaban J connectivity index is 2.87. The Bertz CT molecular complexity index is 514. The minimum absolute atomic E-state index is 0.0534. The number of ether oxygens (including phenoxy) is 1. The topological polar surface area (TPSA) is 107 Å². The summed E-state index contributed by atoms with van der Waals surface area (Å²) in [6.45, 7) is 6.26. The summed E-state index contributed by atoms with van der Waals surface area (Å²) in [4.78, 5) is 22.3. The molecule has 0 heterocycles. The number of hydrogen-bond acceptors (Lipinski definition) is 5. The highest BCUT2D eigenvalue weighted by Gasteiger charge is 2.23. The third kappa shape index (κ3) is 4.20. The molecule has 1 rings (SSSR count). The van der Waals surface area contributed by atoms with Crippen molar-refractivity contribution in [1.29, 1.82) is 0 Å². The molecule has 110 valence electrons. The Labute approximate surface area is 117 Å². The molecule has 7 nitrogen and oxygen atoms in total. The summed E-state index contributed by atoms with van der Waals surface area (Å²) in [5.41, 5.74) is 5.00. The zero-order valence-corrected chi connectivity index (χ0v) is 11.8. The van der Waals surface area contributed by atoms with Crippen LogP contribution < -0.4 is 11.1 Å². The second kappa shape index (κ2) is 6.33. The first-order chi connectivity index (χ1) is 9.26. The van der Waals surface area contributed by atoms with Gasteiger partial charge in [-0.15, -0.1) is 0 Å². The van der Waals surface area contributed by atoms with Crippen LogP contribution in [0.5, 0.6) is 0 Å². The van der Waals surface area contributed by atoms with E-state index in [0.717, 1.165) is 0 Å². The van der Waals surface area contributed by atoms with E-state index in [0.29, 0.717) is 12.3 Å². The van der Waals surface area contributed by atoms with Crippen LogP contribution in [0.2, 0.25) is 0 Å². The van der Waals surface area contributed by atoms with Crippen molar-refractivity contribution < 1.29 is 14.5 Å². The monoisotopic (exact) mass is 281 g/mol. The molecule has 0 aliphatic heterocycles. The molecule has 0 aromatic heterocycles. The molecule has 0 saturated heterocycles. The molecule has 1 aromatic carbocycles. The van der Waals surface area contributed by atoms with Crippen molar-refractivity contribution in [2.75, 3.05) is 18.9 Å². The summed E-state index contributed by atoms with van der Waals surface area (Å²) >= 11 is 0. The Morgan fingerprint density at radius 2 is 2.15 bits per heavy atom. The van der Waals surface area contributed by atoms with Crippen LogP contribution in [-0.2, 0) is 4.74 Å². The van der Waals surface area contributed by atoms with Crippen molar-refractivity contribution in [2.45, 2.75) is 26.4 Å². The minimum Gasteiger partial charge on any atom is -0.399 e. The third-order valence-electron chi connectivity index (χ3n) is 2.67. The van der Waals surface area contributed by atoms with Crippen LogP contribution in [0.4, 0.5) is 11.4 Å². The Hall–Kier alpha value is -2.15. The van der Waals surface area contributed by atoms with Gasteiger partial charge < -0.3 is 15.8 Å². The molecule has 7 heteroatoms. The van der Waals surface area contributed by atoms with Crippen LogP contribution in [0.1, 0.15) is 31.1 Å². The first-order valence-corrected chi connectivity index (χ1v) is 6.23. The predicted molar refractivity (Wildman–Crippen MR) is 75.5 cm³/mol. The molecular formula is C13H19N3O4. The zero-order valence-electron chi connectivity index (χ0n) is 11.8. The van der Waals surface area contributed by atoms with Gasteiger partial charge in [0.2, 0.25) is 0 Å². The average molecular weight is 281 g/mol. The summed E-state index contributed by atoms with van der Waals surface area (Å²) in [5.74, 6) is -0.545. The van der Waals surface area contributed by atoms with Crippen LogP contribution in [0.15, 0.2) is 18.2 Å². The van der Waals surface area contributed by atoms with Gasteiger partial charge in [0.1, 0.15) is 5.56 Å². The second-order valence-corrected chi connectivity index (χ2v) is 4.91. The van der Waals surface area contributed by atoms with Crippen molar-refractivity contribution in [3.8, 4) is 0 Å². The first-order valence-electron chi connectivity index (χ1n) is 6.23. The number of carbonyl (C=O) groups excluding carboxylic acids is 1. The van der Waals surface area contributed by atoms with E-state index in [-0.39, 0.29) is 17.8 Å². The fourth-order valence-corrected chi connectivity index (χ4v) is 1.72. The van der Waals surface area contributed by atoms with Gasteiger partial charge in [-0.1, -0.05) is 0 Å². The Morgan fingerprint density at radius 3 is 2.70 bits per heavy atom. The van der Waals surface area contributed by atoms with Crippen LogP contribution in [0.3, 0.4) is 0 Å². The quantitative estimate of drug-likeness (QED) is 0.469. The van der Waals surface area contributed by atoms with E-state index in [1.807, 2.05) is 20.8 Å². The largest absolute Gasteiger partial charge is 0.399 e. The lowest BCUT2D eigenvalue weighted by atomic mass is 10.1. The lowest BCUT2D eigenvalue weighted by Gasteiger charge is -2.24. The number of nitrogens with zero attached hydrogens (tertiary/aromatic N) is 1. The van der Waals surface area contributed by atoms with Crippen LogP contribution >= 0.6 is 0 Å². The van der Waals surface area contributed by atoms with Gasteiger partial charge in [0.25, 0.3) is 11.6 Å². The number of benzene rings is 1. The van der Waals surface area contributed by atoms with E-state index in [4.69, 9.17) is 10.5 Å². The number of nitro groups is 1. The Morgan fingerprint density at radius 1 is 1.50 bits per heavy atom. The Kier molecular flexibility index (Phi) is 5.04. The molecule has 3 N–H and O–H groups in total. The number of nitrogen functional groups attached to an aromatic ring is 1.